The summed E-state index contributed by atoms with van der Waals surface area (Å²) in [7, 11) is -4.19. The molecule has 0 aliphatic carbocycles. The van der Waals surface area contributed by atoms with Crippen molar-refractivity contribution in [3.05, 3.63) is 90.5 Å². The fraction of sp³-hybridized carbons (Fsp3) is 0.0500. The maximum absolute atomic E-state index is 13.0. The van der Waals surface area contributed by atoms with Gasteiger partial charge in [-0.2, -0.15) is 8.42 Å². The third kappa shape index (κ3) is 4.27. The van der Waals surface area contributed by atoms with Crippen molar-refractivity contribution < 1.29 is 17.9 Å². The number of carbonyl (C=O) groups excluding carboxylic acids is 1. The first-order valence-corrected chi connectivity index (χ1v) is 9.62. The van der Waals surface area contributed by atoms with Crippen LogP contribution in [0.4, 0.5) is 10.5 Å². The molecule has 3 rings (SSSR count). The van der Waals surface area contributed by atoms with Crippen LogP contribution in [0.2, 0.25) is 0 Å². The largest absolute Gasteiger partial charge is 0.449 e. The second-order valence-corrected chi connectivity index (χ2v) is 7.48. The number of hydrogen-bond acceptors (Lipinski definition) is 5. The molecule has 0 saturated carbocycles. The van der Waals surface area contributed by atoms with Gasteiger partial charge in [-0.25, -0.2) is 4.79 Å². The minimum atomic E-state index is -4.19. The summed E-state index contributed by atoms with van der Waals surface area (Å²) in [6, 6.07) is 23.0. The Morgan fingerprint density at radius 2 is 1.41 bits per heavy atom. The summed E-state index contributed by atoms with van der Waals surface area (Å²) >= 11 is 0. The van der Waals surface area contributed by atoms with Gasteiger partial charge < -0.3 is 4.74 Å². The highest BCUT2D eigenvalue weighted by molar-refractivity contribution is 7.89. The monoisotopic (exact) mass is 382 g/mol. The quantitative estimate of drug-likeness (QED) is 0.669. The molecule has 0 saturated heterocycles. The lowest BCUT2D eigenvalue weighted by Gasteiger charge is -2.24. The van der Waals surface area contributed by atoms with E-state index in [4.69, 9.17) is 4.74 Å². The lowest BCUT2D eigenvalue weighted by atomic mass is 10.2. The van der Waals surface area contributed by atoms with Crippen LogP contribution in [0.5, 0.6) is 5.75 Å². The molecule has 6 nitrogen and oxygen atoms in total. The molecule has 0 heterocycles. The molecule has 0 unspecified atom stereocenters. The summed E-state index contributed by atoms with van der Waals surface area (Å²) in [5, 5.41) is 0. The molecule has 0 aliphatic rings. The van der Waals surface area contributed by atoms with Crippen LogP contribution in [0.15, 0.2) is 89.8 Å². The number of nitrogens with zero attached hydrogens (tertiary/aromatic N) is 1. The number of para-hydroxylation sites is 2. The van der Waals surface area contributed by atoms with Crippen LogP contribution >= 0.6 is 0 Å². The van der Waals surface area contributed by atoms with Gasteiger partial charge in [0.25, 0.3) is 10.0 Å². The van der Waals surface area contributed by atoms with Crippen LogP contribution in [0.3, 0.4) is 0 Å². The Balaban J connectivity index is 1.98. The summed E-state index contributed by atoms with van der Waals surface area (Å²) in [5.74, 6) is 0.238. The van der Waals surface area contributed by atoms with Crippen molar-refractivity contribution in [1.29, 1.82) is 0 Å². The molecule has 7 heteroatoms. The number of amides is 1. The van der Waals surface area contributed by atoms with Crippen LogP contribution in [-0.2, 0) is 10.0 Å². The van der Waals surface area contributed by atoms with E-state index in [0.29, 0.717) is 10.1 Å². The fourth-order valence-electron chi connectivity index (χ4n) is 2.34. The van der Waals surface area contributed by atoms with Crippen molar-refractivity contribution in [2.45, 2.75) is 11.8 Å². The van der Waals surface area contributed by atoms with E-state index in [1.165, 1.54) is 12.1 Å². The number of hydrazine groups is 1. The number of sulfonamides is 1. The van der Waals surface area contributed by atoms with Crippen molar-refractivity contribution >= 4 is 21.8 Å². The Hall–Kier alpha value is -3.32. The van der Waals surface area contributed by atoms with Gasteiger partial charge in [0.2, 0.25) is 0 Å². The van der Waals surface area contributed by atoms with Crippen LogP contribution < -0.4 is 10.2 Å². The second kappa shape index (κ2) is 7.92. The second-order valence-electron chi connectivity index (χ2n) is 5.69. The SMILES string of the molecule is Cc1ccccc1NN(C(=O)Oc1ccccc1)S(=O)(=O)c1ccccc1. The summed E-state index contributed by atoms with van der Waals surface area (Å²) in [4.78, 5) is 12.7. The van der Waals surface area contributed by atoms with Gasteiger partial charge in [0.15, 0.2) is 0 Å². The van der Waals surface area contributed by atoms with Crippen LogP contribution in [0, 0.1) is 6.92 Å². The van der Waals surface area contributed by atoms with Gasteiger partial charge >= 0.3 is 6.09 Å². The lowest BCUT2D eigenvalue weighted by Crippen LogP contribution is -2.43. The maximum atomic E-state index is 13.0. The van der Waals surface area contributed by atoms with Gasteiger partial charge in [0.1, 0.15) is 5.75 Å². The molecular weight excluding hydrogens is 364 g/mol. The topological polar surface area (TPSA) is 75.7 Å². The first-order chi connectivity index (χ1) is 13.0. The highest BCUT2D eigenvalue weighted by Crippen LogP contribution is 2.22. The average Bonchev–Trinajstić information content (AvgIpc) is 2.68. The number of anilines is 1. The summed E-state index contributed by atoms with van der Waals surface area (Å²) < 4.78 is 31.8. The molecule has 0 fully saturated rings. The number of benzene rings is 3. The van der Waals surface area contributed by atoms with E-state index in [2.05, 4.69) is 5.43 Å². The molecule has 138 valence electrons. The highest BCUT2D eigenvalue weighted by Gasteiger charge is 2.32. The Kier molecular flexibility index (Phi) is 5.42. The van der Waals surface area contributed by atoms with Gasteiger partial charge in [-0.1, -0.05) is 54.6 Å². The first kappa shape index (κ1) is 18.5. The molecule has 27 heavy (non-hydrogen) atoms. The number of aryl methyl sites for hydroxylation is 1. The Morgan fingerprint density at radius 1 is 0.852 bits per heavy atom. The molecule has 0 aromatic heterocycles. The predicted molar refractivity (Wildman–Crippen MR) is 103 cm³/mol. The predicted octanol–water partition coefficient (Wildman–Crippen LogP) is 4.21. The van der Waals surface area contributed by atoms with Crippen LogP contribution in [-0.4, -0.2) is 18.9 Å². The fourth-order valence-corrected chi connectivity index (χ4v) is 3.50. The van der Waals surface area contributed by atoms with Gasteiger partial charge in [-0.3, -0.25) is 5.43 Å². The molecule has 0 spiro atoms. The molecular formula is C20H18N2O4S. The van der Waals surface area contributed by atoms with Gasteiger partial charge in [-0.05, 0) is 42.8 Å². The van der Waals surface area contributed by atoms with Crippen molar-refractivity contribution in [3.63, 3.8) is 0 Å². The highest BCUT2D eigenvalue weighted by atomic mass is 32.2. The number of nitrogens with one attached hydrogen (secondary N) is 1. The summed E-state index contributed by atoms with van der Waals surface area (Å²) in [5.41, 5.74) is 3.93. The van der Waals surface area contributed by atoms with Gasteiger partial charge in [-0.15, -0.1) is 4.41 Å². The van der Waals surface area contributed by atoms with E-state index < -0.39 is 16.1 Å². The normalized spacial score (nSPS) is 10.9. The third-order valence-corrected chi connectivity index (χ3v) is 5.35. The number of hydrogen-bond donors (Lipinski definition) is 1. The van der Waals surface area contributed by atoms with E-state index in [-0.39, 0.29) is 10.6 Å². The Labute approximate surface area is 158 Å². The summed E-state index contributed by atoms with van der Waals surface area (Å²) in [6.07, 6.45) is -1.06. The zero-order valence-corrected chi connectivity index (χ0v) is 15.4. The van der Waals surface area contributed by atoms with Crippen molar-refractivity contribution in [2.75, 3.05) is 5.43 Å². The molecule has 3 aromatic rings. The van der Waals surface area contributed by atoms with Crippen molar-refractivity contribution in [2.24, 2.45) is 0 Å². The van der Waals surface area contributed by atoms with E-state index in [9.17, 15) is 13.2 Å². The molecule has 0 aliphatic heterocycles. The van der Waals surface area contributed by atoms with E-state index in [1.807, 2.05) is 6.07 Å². The molecule has 0 radical (unpaired) electrons. The molecule has 0 atom stereocenters. The maximum Gasteiger partial charge on any atom is 0.449 e. The Morgan fingerprint density at radius 3 is 2.04 bits per heavy atom. The third-order valence-electron chi connectivity index (χ3n) is 3.76. The number of carbonyl (C=O) groups is 1. The van der Waals surface area contributed by atoms with E-state index in [1.54, 1.807) is 73.7 Å². The van der Waals surface area contributed by atoms with Gasteiger partial charge in [0, 0.05) is 0 Å². The average molecular weight is 382 g/mol. The summed E-state index contributed by atoms with van der Waals surface area (Å²) in [6.45, 7) is 1.80. The van der Waals surface area contributed by atoms with Crippen LogP contribution in [0.25, 0.3) is 0 Å². The van der Waals surface area contributed by atoms with Crippen molar-refractivity contribution in [1.82, 2.24) is 4.41 Å². The zero-order chi connectivity index (χ0) is 19.3. The standard InChI is InChI=1S/C20H18N2O4S/c1-16-10-8-9-15-19(16)21-22(20(23)26-17-11-4-2-5-12-17)27(24,25)18-13-6-3-7-14-18/h2-15,21H,1H3. The minimum absolute atomic E-state index is 0.0314. The molecule has 1 amide bonds. The van der Waals surface area contributed by atoms with Gasteiger partial charge in [0.05, 0.1) is 10.6 Å². The first-order valence-electron chi connectivity index (χ1n) is 8.18. The number of ether oxygens (including phenoxy) is 1. The molecule has 3 aromatic carbocycles. The smallest absolute Gasteiger partial charge is 0.408 e. The zero-order valence-electron chi connectivity index (χ0n) is 14.6. The van der Waals surface area contributed by atoms with E-state index in [0.717, 1.165) is 5.56 Å². The van der Waals surface area contributed by atoms with Crippen molar-refractivity contribution in [3.8, 4) is 5.75 Å². The molecule has 0 bridgehead atoms. The number of rotatable bonds is 5. The minimum Gasteiger partial charge on any atom is -0.408 e. The van der Waals surface area contributed by atoms with Crippen LogP contribution in [0.1, 0.15) is 5.56 Å². The lowest BCUT2D eigenvalue weighted by molar-refractivity contribution is 0.184. The van der Waals surface area contributed by atoms with E-state index >= 15 is 0 Å². The Bertz CT molecular complexity index is 1020. The molecule has 1 N–H and O–H groups in total.